The number of hydrogen-bond acceptors (Lipinski definition) is 1. The summed E-state index contributed by atoms with van der Waals surface area (Å²) in [6, 6.07) is 17.2. The molecule has 0 bridgehead atoms. The second kappa shape index (κ2) is 6.46. The zero-order chi connectivity index (χ0) is 14.7. The van der Waals surface area contributed by atoms with E-state index in [2.05, 4.69) is 81.8 Å². The first-order valence-corrected chi connectivity index (χ1v) is 8.08. The van der Waals surface area contributed by atoms with Gasteiger partial charge in [-0.25, -0.2) is 0 Å². The molecule has 0 saturated heterocycles. The molecular weight excluding hydrogens is 324 g/mol. The maximum atomic E-state index is 3.62. The monoisotopic (exact) mass is 342 g/mol. The lowest BCUT2D eigenvalue weighted by atomic mass is 10.1. The molecule has 0 aliphatic rings. The normalized spacial score (nSPS) is 12.7. The van der Waals surface area contributed by atoms with Crippen molar-refractivity contribution in [1.29, 1.82) is 0 Å². The molecule has 2 nitrogen and oxygen atoms in total. The number of benzene rings is 2. The number of fused-ring (bicyclic) bond motifs is 1. The van der Waals surface area contributed by atoms with Crippen LogP contribution < -0.4 is 5.32 Å². The smallest absolute Gasteiger partial charge is 0.0456 e. The van der Waals surface area contributed by atoms with Gasteiger partial charge in [0.15, 0.2) is 0 Å². The van der Waals surface area contributed by atoms with E-state index in [4.69, 9.17) is 0 Å². The van der Waals surface area contributed by atoms with Gasteiger partial charge in [0.05, 0.1) is 0 Å². The van der Waals surface area contributed by atoms with E-state index in [0.717, 1.165) is 17.4 Å². The Bertz CT molecular complexity index is 733. The van der Waals surface area contributed by atoms with E-state index >= 15 is 0 Å². The van der Waals surface area contributed by atoms with Gasteiger partial charge in [0, 0.05) is 27.6 Å². The van der Waals surface area contributed by atoms with Gasteiger partial charge in [-0.3, -0.25) is 0 Å². The minimum atomic E-state index is 0.339. The maximum absolute atomic E-state index is 3.62. The molecule has 0 amide bonds. The minimum Gasteiger partial charge on any atom is -0.361 e. The van der Waals surface area contributed by atoms with E-state index in [0.29, 0.717) is 6.04 Å². The molecule has 1 atom stereocenters. The summed E-state index contributed by atoms with van der Waals surface area (Å²) in [5.41, 5.74) is 3.89. The lowest BCUT2D eigenvalue weighted by Crippen LogP contribution is -2.21. The molecule has 0 saturated carbocycles. The average Bonchev–Trinajstić information content (AvgIpc) is 2.91. The van der Waals surface area contributed by atoms with Gasteiger partial charge in [0.25, 0.3) is 0 Å². The molecule has 0 spiro atoms. The number of halogens is 1. The summed E-state index contributed by atoms with van der Waals surface area (Å²) < 4.78 is 1.16. The fourth-order valence-corrected chi connectivity index (χ4v) is 3.33. The molecule has 0 radical (unpaired) electrons. The second-order valence-electron chi connectivity index (χ2n) is 5.31. The van der Waals surface area contributed by atoms with Gasteiger partial charge in [-0.1, -0.05) is 52.3 Å². The molecule has 1 heterocycles. The van der Waals surface area contributed by atoms with Crippen LogP contribution in [-0.4, -0.2) is 11.5 Å². The van der Waals surface area contributed by atoms with Gasteiger partial charge < -0.3 is 10.3 Å². The van der Waals surface area contributed by atoms with Crippen LogP contribution in [0.5, 0.6) is 0 Å². The third-order valence-electron chi connectivity index (χ3n) is 3.89. The number of hydrogen-bond donors (Lipinski definition) is 2. The number of H-pyrrole nitrogens is 1. The van der Waals surface area contributed by atoms with E-state index in [1.165, 1.54) is 22.0 Å². The van der Waals surface area contributed by atoms with Crippen LogP contribution in [0.4, 0.5) is 0 Å². The van der Waals surface area contributed by atoms with Crippen molar-refractivity contribution < 1.29 is 0 Å². The fourth-order valence-electron chi connectivity index (χ4n) is 2.70. The number of aromatic nitrogens is 1. The van der Waals surface area contributed by atoms with Gasteiger partial charge in [0.2, 0.25) is 0 Å². The van der Waals surface area contributed by atoms with Gasteiger partial charge in [-0.05, 0) is 43.1 Å². The van der Waals surface area contributed by atoms with Crippen LogP contribution in [0, 0.1) is 0 Å². The molecular formula is C18H19BrN2. The first kappa shape index (κ1) is 14.4. The number of rotatable bonds is 5. The molecule has 2 aromatic carbocycles. The highest BCUT2D eigenvalue weighted by molar-refractivity contribution is 9.10. The molecule has 108 valence electrons. The van der Waals surface area contributed by atoms with Crippen molar-refractivity contribution in [3.63, 3.8) is 0 Å². The molecule has 3 aromatic rings. The van der Waals surface area contributed by atoms with Crippen molar-refractivity contribution in [3.8, 4) is 0 Å². The van der Waals surface area contributed by atoms with Crippen LogP contribution in [0.3, 0.4) is 0 Å². The highest BCUT2D eigenvalue weighted by Gasteiger charge is 2.08. The second-order valence-corrected chi connectivity index (χ2v) is 6.16. The Morgan fingerprint density at radius 2 is 1.86 bits per heavy atom. The summed E-state index contributed by atoms with van der Waals surface area (Å²) in [5.74, 6) is 0. The topological polar surface area (TPSA) is 27.8 Å². The number of nitrogens with one attached hydrogen (secondary N) is 2. The van der Waals surface area contributed by atoms with E-state index in [9.17, 15) is 0 Å². The predicted molar refractivity (Wildman–Crippen MR) is 92.6 cm³/mol. The van der Waals surface area contributed by atoms with E-state index < -0.39 is 0 Å². The average molecular weight is 343 g/mol. The SMILES string of the molecule is CC(NCCc1c[nH]c2ccccc12)c1ccccc1Br. The van der Waals surface area contributed by atoms with E-state index in [1.807, 2.05) is 6.07 Å². The third-order valence-corrected chi connectivity index (χ3v) is 4.61. The molecule has 0 fully saturated rings. The Kier molecular flexibility index (Phi) is 4.42. The zero-order valence-electron chi connectivity index (χ0n) is 12.1. The summed E-state index contributed by atoms with van der Waals surface area (Å²) >= 11 is 3.62. The lowest BCUT2D eigenvalue weighted by Gasteiger charge is -2.15. The van der Waals surface area contributed by atoms with Crippen molar-refractivity contribution >= 4 is 26.8 Å². The van der Waals surface area contributed by atoms with Crippen LogP contribution in [0.2, 0.25) is 0 Å². The molecule has 2 N–H and O–H groups in total. The van der Waals surface area contributed by atoms with Crippen molar-refractivity contribution in [1.82, 2.24) is 10.3 Å². The van der Waals surface area contributed by atoms with Crippen molar-refractivity contribution in [2.75, 3.05) is 6.54 Å². The fraction of sp³-hybridized carbons (Fsp3) is 0.222. The first-order valence-electron chi connectivity index (χ1n) is 7.28. The lowest BCUT2D eigenvalue weighted by molar-refractivity contribution is 0.576. The molecule has 1 unspecified atom stereocenters. The van der Waals surface area contributed by atoms with Crippen LogP contribution >= 0.6 is 15.9 Å². The van der Waals surface area contributed by atoms with Crippen LogP contribution in [0.25, 0.3) is 10.9 Å². The first-order chi connectivity index (χ1) is 10.3. The summed E-state index contributed by atoms with van der Waals surface area (Å²) in [6.45, 7) is 3.17. The Labute approximate surface area is 133 Å². The maximum Gasteiger partial charge on any atom is 0.0456 e. The summed E-state index contributed by atoms with van der Waals surface area (Å²) in [6.07, 6.45) is 3.15. The molecule has 21 heavy (non-hydrogen) atoms. The van der Waals surface area contributed by atoms with E-state index in [-0.39, 0.29) is 0 Å². The van der Waals surface area contributed by atoms with Gasteiger partial charge in [-0.15, -0.1) is 0 Å². The quantitative estimate of drug-likeness (QED) is 0.683. The number of aromatic amines is 1. The molecule has 0 aliphatic heterocycles. The highest BCUT2D eigenvalue weighted by Crippen LogP contribution is 2.23. The number of para-hydroxylation sites is 1. The van der Waals surface area contributed by atoms with Crippen LogP contribution in [0.1, 0.15) is 24.1 Å². The Hall–Kier alpha value is -1.58. The van der Waals surface area contributed by atoms with Crippen molar-refractivity contribution in [2.45, 2.75) is 19.4 Å². The standard InChI is InChI=1S/C18H19BrN2/c1-13(15-6-2-4-8-17(15)19)20-11-10-14-12-21-18-9-5-3-7-16(14)18/h2-9,12-13,20-21H,10-11H2,1H3. The molecule has 1 aromatic heterocycles. The van der Waals surface area contributed by atoms with E-state index in [1.54, 1.807) is 0 Å². The summed E-state index contributed by atoms with van der Waals surface area (Å²) in [7, 11) is 0. The predicted octanol–water partition coefficient (Wildman–Crippen LogP) is 4.82. The minimum absolute atomic E-state index is 0.339. The van der Waals surface area contributed by atoms with Gasteiger partial charge >= 0.3 is 0 Å². The Morgan fingerprint density at radius 3 is 2.71 bits per heavy atom. The summed E-state index contributed by atoms with van der Waals surface area (Å²) in [5, 5.41) is 4.93. The Balaban J connectivity index is 1.62. The molecule has 3 rings (SSSR count). The van der Waals surface area contributed by atoms with Gasteiger partial charge in [-0.2, -0.15) is 0 Å². The zero-order valence-corrected chi connectivity index (χ0v) is 13.7. The largest absolute Gasteiger partial charge is 0.361 e. The van der Waals surface area contributed by atoms with Crippen LogP contribution in [-0.2, 0) is 6.42 Å². The van der Waals surface area contributed by atoms with Crippen molar-refractivity contribution in [2.24, 2.45) is 0 Å². The molecule has 3 heteroatoms. The summed E-state index contributed by atoms with van der Waals surface area (Å²) in [4.78, 5) is 3.33. The van der Waals surface area contributed by atoms with Crippen LogP contribution in [0.15, 0.2) is 59.2 Å². The van der Waals surface area contributed by atoms with Gasteiger partial charge in [0.1, 0.15) is 0 Å². The highest BCUT2D eigenvalue weighted by atomic mass is 79.9. The third kappa shape index (κ3) is 3.20. The van der Waals surface area contributed by atoms with Crippen molar-refractivity contribution in [3.05, 3.63) is 70.3 Å². The molecule has 0 aliphatic carbocycles. The Morgan fingerprint density at radius 1 is 1.10 bits per heavy atom.